The Morgan fingerprint density at radius 3 is 2.22 bits per heavy atom. The van der Waals surface area contributed by atoms with Gasteiger partial charge in [-0.3, -0.25) is 9.80 Å². The number of nitrogens with zero attached hydrogens (tertiary/aromatic N) is 2. The zero-order valence-electron chi connectivity index (χ0n) is 15.3. The second kappa shape index (κ2) is 9.05. The Bertz CT molecular complexity index is 654. The van der Waals surface area contributed by atoms with Gasteiger partial charge >= 0.3 is 11.9 Å². The first-order chi connectivity index (χ1) is 13.0. The van der Waals surface area contributed by atoms with Crippen molar-refractivity contribution in [2.45, 2.75) is 38.3 Å². The highest BCUT2D eigenvalue weighted by molar-refractivity contribution is 6.27. The summed E-state index contributed by atoms with van der Waals surface area (Å²) in [6, 6.07) is 7.20. The Labute approximate surface area is 158 Å². The van der Waals surface area contributed by atoms with Crippen molar-refractivity contribution >= 4 is 11.9 Å². The normalized spacial score (nSPS) is 20.1. The van der Waals surface area contributed by atoms with Crippen LogP contribution in [0, 0.1) is 0 Å². The molecule has 1 saturated heterocycles. The number of piperazine rings is 1. The van der Waals surface area contributed by atoms with Crippen LogP contribution in [0.2, 0.25) is 0 Å². The van der Waals surface area contributed by atoms with Gasteiger partial charge < -0.3 is 19.7 Å². The smallest absolute Gasteiger partial charge is 0.414 e. The van der Waals surface area contributed by atoms with E-state index in [2.05, 4.69) is 21.9 Å². The van der Waals surface area contributed by atoms with Crippen LogP contribution >= 0.6 is 0 Å². The van der Waals surface area contributed by atoms with Crippen LogP contribution in [0.1, 0.15) is 31.2 Å². The minimum absolute atomic E-state index is 0.360. The Kier molecular flexibility index (Phi) is 6.52. The van der Waals surface area contributed by atoms with Gasteiger partial charge in [0.1, 0.15) is 0 Å². The van der Waals surface area contributed by atoms with Gasteiger partial charge in [0, 0.05) is 38.8 Å². The molecule has 2 fully saturated rings. The third kappa shape index (κ3) is 5.33. The number of ether oxygens (including phenoxy) is 2. The molecule has 27 heavy (non-hydrogen) atoms. The minimum Gasteiger partial charge on any atom is -0.473 e. The minimum atomic E-state index is -1.82. The second-order valence-corrected chi connectivity index (χ2v) is 7.05. The Balaban J connectivity index is 0.000000307. The summed E-state index contributed by atoms with van der Waals surface area (Å²) < 4.78 is 10.8. The highest BCUT2D eigenvalue weighted by Crippen LogP contribution is 2.33. The van der Waals surface area contributed by atoms with E-state index in [0.717, 1.165) is 24.1 Å². The zero-order valence-corrected chi connectivity index (χ0v) is 15.3. The van der Waals surface area contributed by atoms with Gasteiger partial charge in [0.15, 0.2) is 11.5 Å². The fourth-order valence-electron chi connectivity index (χ4n) is 3.85. The number of benzene rings is 1. The third-order valence-electron chi connectivity index (χ3n) is 5.27. The largest absolute Gasteiger partial charge is 0.473 e. The van der Waals surface area contributed by atoms with E-state index in [4.69, 9.17) is 29.3 Å². The summed E-state index contributed by atoms with van der Waals surface area (Å²) in [6.07, 6.45) is 5.70. The summed E-state index contributed by atoms with van der Waals surface area (Å²) in [5.41, 5.74) is 1.33. The summed E-state index contributed by atoms with van der Waals surface area (Å²) in [4.78, 5) is 23.5. The molecular weight excluding hydrogens is 352 g/mol. The SMILES string of the molecule is O=C(O)C(=O)O.c1cc2c(cc1CN1CCN(C3CCCC3)CC1)OCO2. The Morgan fingerprint density at radius 2 is 1.59 bits per heavy atom. The molecule has 0 aromatic heterocycles. The van der Waals surface area contributed by atoms with Crippen LogP contribution < -0.4 is 9.47 Å². The number of carboxylic acids is 2. The number of hydrogen-bond acceptors (Lipinski definition) is 6. The molecule has 8 heteroatoms. The van der Waals surface area contributed by atoms with Crippen LogP contribution in [-0.2, 0) is 16.1 Å². The molecule has 1 aromatic carbocycles. The van der Waals surface area contributed by atoms with Crippen molar-refractivity contribution in [3.05, 3.63) is 23.8 Å². The van der Waals surface area contributed by atoms with Crippen molar-refractivity contribution in [1.82, 2.24) is 9.80 Å². The average molecular weight is 378 g/mol. The Hall–Kier alpha value is -2.32. The predicted molar refractivity (Wildman–Crippen MR) is 96.9 cm³/mol. The second-order valence-electron chi connectivity index (χ2n) is 7.05. The van der Waals surface area contributed by atoms with E-state index >= 15 is 0 Å². The fourth-order valence-corrected chi connectivity index (χ4v) is 3.85. The maximum absolute atomic E-state index is 9.10. The maximum atomic E-state index is 9.10. The van der Waals surface area contributed by atoms with Crippen molar-refractivity contribution in [1.29, 1.82) is 0 Å². The molecule has 0 radical (unpaired) electrons. The quantitative estimate of drug-likeness (QED) is 0.766. The van der Waals surface area contributed by atoms with Crippen molar-refractivity contribution in [2.24, 2.45) is 0 Å². The molecule has 2 heterocycles. The molecule has 2 aliphatic heterocycles. The highest BCUT2D eigenvalue weighted by atomic mass is 16.7. The number of carbonyl (C=O) groups is 2. The summed E-state index contributed by atoms with van der Waals surface area (Å²) in [5.74, 6) is -1.87. The third-order valence-corrected chi connectivity index (χ3v) is 5.27. The van der Waals surface area contributed by atoms with E-state index in [9.17, 15) is 0 Å². The van der Waals surface area contributed by atoms with E-state index in [-0.39, 0.29) is 0 Å². The summed E-state index contributed by atoms with van der Waals surface area (Å²) in [6.45, 7) is 6.22. The van der Waals surface area contributed by atoms with Gasteiger partial charge in [-0.25, -0.2) is 9.59 Å². The van der Waals surface area contributed by atoms with Gasteiger partial charge in [-0.1, -0.05) is 18.9 Å². The van der Waals surface area contributed by atoms with Crippen LogP contribution in [0.5, 0.6) is 11.5 Å². The van der Waals surface area contributed by atoms with Gasteiger partial charge in [-0.2, -0.15) is 0 Å². The van der Waals surface area contributed by atoms with Crippen LogP contribution in [0.3, 0.4) is 0 Å². The average Bonchev–Trinajstić information content (AvgIpc) is 3.34. The molecule has 1 saturated carbocycles. The molecule has 8 nitrogen and oxygen atoms in total. The lowest BCUT2D eigenvalue weighted by atomic mass is 10.1. The number of fused-ring (bicyclic) bond motifs is 1. The first-order valence-corrected chi connectivity index (χ1v) is 9.34. The molecule has 0 spiro atoms. The number of rotatable bonds is 3. The lowest BCUT2D eigenvalue weighted by molar-refractivity contribution is -0.159. The Morgan fingerprint density at radius 1 is 0.963 bits per heavy atom. The van der Waals surface area contributed by atoms with E-state index in [1.807, 2.05) is 6.07 Å². The predicted octanol–water partition coefficient (Wildman–Crippen LogP) is 1.63. The van der Waals surface area contributed by atoms with Crippen LogP contribution in [-0.4, -0.2) is 71.0 Å². The van der Waals surface area contributed by atoms with Gasteiger partial charge in [0.2, 0.25) is 6.79 Å². The van der Waals surface area contributed by atoms with Crippen molar-refractivity contribution < 1.29 is 29.3 Å². The van der Waals surface area contributed by atoms with Crippen LogP contribution in [0.25, 0.3) is 0 Å². The molecule has 0 atom stereocenters. The molecule has 1 aliphatic carbocycles. The van der Waals surface area contributed by atoms with Gasteiger partial charge in [0.25, 0.3) is 0 Å². The molecule has 0 bridgehead atoms. The molecule has 0 unspecified atom stereocenters. The lowest BCUT2D eigenvalue weighted by Crippen LogP contribution is -2.49. The number of hydrogen-bond donors (Lipinski definition) is 2. The first-order valence-electron chi connectivity index (χ1n) is 9.34. The van der Waals surface area contributed by atoms with E-state index in [1.54, 1.807) is 0 Å². The highest BCUT2D eigenvalue weighted by Gasteiger charge is 2.26. The van der Waals surface area contributed by atoms with Gasteiger partial charge in [-0.05, 0) is 30.5 Å². The lowest BCUT2D eigenvalue weighted by Gasteiger charge is -2.38. The molecular formula is C19H26N2O6. The van der Waals surface area contributed by atoms with Crippen LogP contribution in [0.4, 0.5) is 0 Å². The van der Waals surface area contributed by atoms with E-state index in [1.165, 1.54) is 57.4 Å². The monoisotopic (exact) mass is 378 g/mol. The number of carboxylic acid groups (broad SMARTS) is 2. The molecule has 4 rings (SSSR count). The standard InChI is InChI=1S/C17H24N2O2.C2H2O4/c1-2-4-15(3-1)19-9-7-18(8-10-19)12-14-5-6-16-17(11-14)21-13-20-16;3-1(4)2(5)6/h5-6,11,15H,1-4,7-10,12-13H2;(H,3,4)(H,5,6). The topological polar surface area (TPSA) is 99.5 Å². The van der Waals surface area contributed by atoms with Gasteiger partial charge in [0.05, 0.1) is 0 Å². The molecule has 3 aliphatic rings. The van der Waals surface area contributed by atoms with Crippen molar-refractivity contribution in [3.8, 4) is 11.5 Å². The maximum Gasteiger partial charge on any atom is 0.414 e. The number of aliphatic carboxylic acids is 2. The fraction of sp³-hybridized carbons (Fsp3) is 0.579. The zero-order chi connectivity index (χ0) is 19.2. The molecule has 2 N–H and O–H groups in total. The van der Waals surface area contributed by atoms with Crippen molar-refractivity contribution in [2.75, 3.05) is 33.0 Å². The summed E-state index contributed by atoms with van der Waals surface area (Å²) >= 11 is 0. The molecule has 0 amide bonds. The van der Waals surface area contributed by atoms with Gasteiger partial charge in [-0.15, -0.1) is 0 Å². The summed E-state index contributed by atoms with van der Waals surface area (Å²) in [5, 5.41) is 14.8. The van der Waals surface area contributed by atoms with E-state index in [0.29, 0.717) is 6.79 Å². The van der Waals surface area contributed by atoms with Crippen LogP contribution in [0.15, 0.2) is 18.2 Å². The molecule has 148 valence electrons. The van der Waals surface area contributed by atoms with Crippen molar-refractivity contribution in [3.63, 3.8) is 0 Å². The summed E-state index contributed by atoms with van der Waals surface area (Å²) in [7, 11) is 0. The molecule has 1 aromatic rings. The van der Waals surface area contributed by atoms with E-state index < -0.39 is 11.9 Å². The first kappa shape index (κ1) is 19.4.